The molecule has 0 aromatic carbocycles. The number of nitrogens with two attached hydrogens (primary N) is 1. The number of ether oxygens (including phenoxy) is 1. The molecule has 1 aromatic rings. The summed E-state index contributed by atoms with van der Waals surface area (Å²) in [5, 5.41) is 3.29. The standard InChI is InChI=1S/C11H20N4O/c1-7(11(2,3)4)15-10-8(16-5)9(12)13-6-14-10/h6-7H,1-5H3,(H3,12,13,14,15). The maximum absolute atomic E-state index is 5.70. The lowest BCUT2D eigenvalue weighted by atomic mass is 9.88. The molecule has 1 heterocycles. The fraction of sp³-hybridized carbons (Fsp3) is 0.636. The van der Waals surface area contributed by atoms with Gasteiger partial charge in [0.2, 0.25) is 5.75 Å². The first-order valence-corrected chi connectivity index (χ1v) is 5.27. The fourth-order valence-electron chi connectivity index (χ4n) is 1.11. The molecule has 1 atom stereocenters. The van der Waals surface area contributed by atoms with E-state index in [0.717, 1.165) is 0 Å². The number of aromatic nitrogens is 2. The number of methoxy groups -OCH3 is 1. The van der Waals surface area contributed by atoms with E-state index in [1.54, 1.807) is 7.11 Å². The van der Waals surface area contributed by atoms with Crippen molar-refractivity contribution in [3.8, 4) is 5.75 Å². The number of hydrogen-bond acceptors (Lipinski definition) is 5. The molecule has 0 saturated carbocycles. The van der Waals surface area contributed by atoms with E-state index in [9.17, 15) is 0 Å². The predicted octanol–water partition coefficient (Wildman–Crippen LogP) is 1.91. The maximum Gasteiger partial charge on any atom is 0.203 e. The van der Waals surface area contributed by atoms with Gasteiger partial charge < -0.3 is 15.8 Å². The molecule has 90 valence electrons. The Morgan fingerprint density at radius 3 is 2.50 bits per heavy atom. The Hall–Kier alpha value is -1.52. The number of nitrogen functional groups attached to an aromatic ring is 1. The van der Waals surface area contributed by atoms with Gasteiger partial charge in [-0.25, -0.2) is 9.97 Å². The number of rotatable bonds is 3. The Morgan fingerprint density at radius 2 is 2.00 bits per heavy atom. The molecule has 5 nitrogen and oxygen atoms in total. The number of anilines is 2. The zero-order valence-corrected chi connectivity index (χ0v) is 10.5. The minimum Gasteiger partial charge on any atom is -0.490 e. The highest BCUT2D eigenvalue weighted by molar-refractivity contribution is 5.61. The highest BCUT2D eigenvalue weighted by Crippen LogP contribution is 2.29. The van der Waals surface area contributed by atoms with Crippen molar-refractivity contribution in [1.82, 2.24) is 9.97 Å². The van der Waals surface area contributed by atoms with Crippen molar-refractivity contribution in [2.24, 2.45) is 5.41 Å². The van der Waals surface area contributed by atoms with E-state index in [1.165, 1.54) is 6.33 Å². The normalized spacial score (nSPS) is 13.3. The van der Waals surface area contributed by atoms with Crippen molar-refractivity contribution >= 4 is 11.6 Å². The van der Waals surface area contributed by atoms with Crippen molar-refractivity contribution in [3.63, 3.8) is 0 Å². The Kier molecular flexibility index (Phi) is 3.57. The van der Waals surface area contributed by atoms with Crippen molar-refractivity contribution in [2.45, 2.75) is 33.7 Å². The zero-order chi connectivity index (χ0) is 12.3. The van der Waals surface area contributed by atoms with Crippen LogP contribution in [0.3, 0.4) is 0 Å². The molecule has 1 unspecified atom stereocenters. The van der Waals surface area contributed by atoms with Crippen LogP contribution >= 0.6 is 0 Å². The molecule has 0 saturated heterocycles. The van der Waals surface area contributed by atoms with Gasteiger partial charge >= 0.3 is 0 Å². The number of nitrogens with zero attached hydrogens (tertiary/aromatic N) is 2. The minimum absolute atomic E-state index is 0.130. The average Bonchev–Trinajstić information content (AvgIpc) is 2.16. The van der Waals surface area contributed by atoms with Crippen molar-refractivity contribution in [3.05, 3.63) is 6.33 Å². The first-order valence-electron chi connectivity index (χ1n) is 5.27. The van der Waals surface area contributed by atoms with Gasteiger partial charge in [-0.3, -0.25) is 0 Å². The summed E-state index contributed by atoms with van der Waals surface area (Å²) >= 11 is 0. The van der Waals surface area contributed by atoms with Crippen LogP contribution in [0.25, 0.3) is 0 Å². The highest BCUT2D eigenvalue weighted by Gasteiger charge is 2.22. The van der Waals surface area contributed by atoms with Crippen LogP contribution in [0, 0.1) is 5.41 Å². The Balaban J connectivity index is 2.93. The largest absolute Gasteiger partial charge is 0.490 e. The SMILES string of the molecule is COc1c(N)ncnc1NC(C)C(C)(C)C. The van der Waals surface area contributed by atoms with Crippen molar-refractivity contribution < 1.29 is 4.74 Å². The summed E-state index contributed by atoms with van der Waals surface area (Å²) in [4.78, 5) is 8.02. The number of hydrogen-bond donors (Lipinski definition) is 2. The molecule has 3 N–H and O–H groups in total. The third-order valence-corrected chi connectivity index (χ3v) is 2.69. The molecule has 0 aliphatic heterocycles. The molecule has 1 aromatic heterocycles. The van der Waals surface area contributed by atoms with Crippen LogP contribution < -0.4 is 15.8 Å². The Morgan fingerprint density at radius 1 is 1.38 bits per heavy atom. The summed E-state index contributed by atoms with van der Waals surface area (Å²) in [5.74, 6) is 1.48. The predicted molar refractivity (Wildman–Crippen MR) is 65.5 cm³/mol. The molecule has 0 fully saturated rings. The van der Waals surface area contributed by atoms with Crippen LogP contribution in [0.5, 0.6) is 5.75 Å². The lowest BCUT2D eigenvalue weighted by Gasteiger charge is -2.29. The van der Waals surface area contributed by atoms with Crippen molar-refractivity contribution in [2.75, 3.05) is 18.2 Å². The minimum atomic E-state index is 0.130. The lowest BCUT2D eigenvalue weighted by Crippen LogP contribution is -2.31. The van der Waals surface area contributed by atoms with Gasteiger partial charge in [0.25, 0.3) is 0 Å². The maximum atomic E-state index is 5.70. The van der Waals surface area contributed by atoms with Crippen LogP contribution in [0.1, 0.15) is 27.7 Å². The molecule has 0 aliphatic carbocycles. The Labute approximate surface area is 96.4 Å². The molecule has 0 spiro atoms. The highest BCUT2D eigenvalue weighted by atomic mass is 16.5. The molecular formula is C11H20N4O. The van der Waals surface area contributed by atoms with Gasteiger partial charge in [0.05, 0.1) is 7.11 Å². The summed E-state index contributed by atoms with van der Waals surface area (Å²) < 4.78 is 5.18. The van der Waals surface area contributed by atoms with Crippen LogP contribution in [0.2, 0.25) is 0 Å². The summed E-state index contributed by atoms with van der Waals surface area (Å²) in [7, 11) is 1.56. The van der Waals surface area contributed by atoms with Crippen LogP contribution in [-0.4, -0.2) is 23.1 Å². The van der Waals surface area contributed by atoms with Crippen LogP contribution in [-0.2, 0) is 0 Å². The monoisotopic (exact) mass is 224 g/mol. The van der Waals surface area contributed by atoms with E-state index in [1.807, 2.05) is 0 Å². The molecule has 5 heteroatoms. The van der Waals surface area contributed by atoms with E-state index in [2.05, 4.69) is 43.0 Å². The second-order valence-corrected chi connectivity index (χ2v) is 4.87. The molecule has 16 heavy (non-hydrogen) atoms. The van der Waals surface area contributed by atoms with Gasteiger partial charge in [0.1, 0.15) is 6.33 Å². The smallest absolute Gasteiger partial charge is 0.203 e. The molecule has 0 radical (unpaired) electrons. The number of nitrogens with one attached hydrogen (secondary N) is 1. The summed E-state index contributed by atoms with van der Waals surface area (Å²) in [6.45, 7) is 8.56. The van der Waals surface area contributed by atoms with Gasteiger partial charge in [-0.15, -0.1) is 0 Å². The molecule has 0 bridgehead atoms. The van der Waals surface area contributed by atoms with Gasteiger partial charge in [-0.2, -0.15) is 0 Å². The second-order valence-electron chi connectivity index (χ2n) is 4.87. The third kappa shape index (κ3) is 2.74. The second kappa shape index (κ2) is 4.55. The first kappa shape index (κ1) is 12.5. The summed E-state index contributed by atoms with van der Waals surface area (Å²) in [6.07, 6.45) is 1.43. The van der Waals surface area contributed by atoms with Gasteiger partial charge in [0.15, 0.2) is 11.6 Å². The zero-order valence-electron chi connectivity index (χ0n) is 10.5. The van der Waals surface area contributed by atoms with Crippen molar-refractivity contribution in [1.29, 1.82) is 0 Å². The third-order valence-electron chi connectivity index (χ3n) is 2.69. The van der Waals surface area contributed by atoms with Gasteiger partial charge in [0, 0.05) is 6.04 Å². The summed E-state index contributed by atoms with van der Waals surface area (Å²) in [6, 6.07) is 0.246. The molecular weight excluding hydrogens is 204 g/mol. The van der Waals surface area contributed by atoms with Gasteiger partial charge in [-0.1, -0.05) is 20.8 Å². The van der Waals surface area contributed by atoms with E-state index in [0.29, 0.717) is 17.4 Å². The van der Waals surface area contributed by atoms with Gasteiger partial charge in [-0.05, 0) is 12.3 Å². The average molecular weight is 224 g/mol. The first-order chi connectivity index (χ1) is 7.36. The van der Waals surface area contributed by atoms with E-state index < -0.39 is 0 Å². The Bertz CT molecular complexity index is 359. The van der Waals surface area contributed by atoms with E-state index in [4.69, 9.17) is 10.5 Å². The van der Waals surface area contributed by atoms with Crippen LogP contribution in [0.4, 0.5) is 11.6 Å². The van der Waals surface area contributed by atoms with E-state index in [-0.39, 0.29) is 11.5 Å². The van der Waals surface area contributed by atoms with Crippen LogP contribution in [0.15, 0.2) is 6.33 Å². The molecule has 1 rings (SSSR count). The topological polar surface area (TPSA) is 73.1 Å². The van der Waals surface area contributed by atoms with E-state index >= 15 is 0 Å². The molecule has 0 amide bonds. The lowest BCUT2D eigenvalue weighted by molar-refractivity contribution is 0.356. The quantitative estimate of drug-likeness (QED) is 0.820. The fourth-order valence-corrected chi connectivity index (χ4v) is 1.11. The molecule has 0 aliphatic rings. The summed E-state index contributed by atoms with van der Waals surface area (Å²) in [5.41, 5.74) is 5.83.